The summed E-state index contributed by atoms with van der Waals surface area (Å²) < 4.78 is 11.6. The number of pyridine rings is 1. The molecule has 6 heteroatoms. The fourth-order valence-corrected chi connectivity index (χ4v) is 9.88. The van der Waals surface area contributed by atoms with E-state index in [9.17, 15) is 0 Å². The van der Waals surface area contributed by atoms with Gasteiger partial charge in [-0.15, -0.1) is 0 Å². The largest absolute Gasteiger partial charge is 0.457 e. The standard InChI is InChI=1S/C60H47N5O/c1-60(2,3)43-35-36-61-56(37-43)65-55-39-47(33-34-51(55)58-59(65)50-27-13-14-30-52(50)64(58)44-23-11-6-12-24-44)66-46-26-17-25-45(38-46)62-40-63(54-32-16-15-31-53(54)62)57-48(41-19-7-4-8-20-41)28-18-29-49(57)42-21-9-5-10-22-42/h4-39H,40H2,1-3H3. The van der Waals surface area contributed by atoms with Crippen molar-refractivity contribution in [1.29, 1.82) is 0 Å². The Bertz CT molecular complexity index is 3530. The molecule has 0 radical (unpaired) electrons. The quantitative estimate of drug-likeness (QED) is 0.153. The van der Waals surface area contributed by atoms with Gasteiger partial charge in [0.05, 0.1) is 39.1 Å². The monoisotopic (exact) mass is 853 g/mol. The maximum Gasteiger partial charge on any atom is 0.137 e. The van der Waals surface area contributed by atoms with Gasteiger partial charge < -0.3 is 19.1 Å². The van der Waals surface area contributed by atoms with Crippen molar-refractivity contribution in [2.75, 3.05) is 16.5 Å². The molecule has 0 fully saturated rings. The number of aromatic nitrogens is 3. The first-order valence-electron chi connectivity index (χ1n) is 22.6. The van der Waals surface area contributed by atoms with E-state index in [0.29, 0.717) is 6.67 Å². The molecule has 0 saturated carbocycles. The molecule has 66 heavy (non-hydrogen) atoms. The Hall–Kier alpha value is -8.35. The van der Waals surface area contributed by atoms with Crippen molar-refractivity contribution in [1.82, 2.24) is 14.1 Å². The molecule has 11 aromatic rings. The summed E-state index contributed by atoms with van der Waals surface area (Å²) in [6.07, 6.45) is 1.94. The molecule has 1 aliphatic rings. The van der Waals surface area contributed by atoms with Crippen molar-refractivity contribution in [3.05, 3.63) is 224 Å². The first-order valence-corrected chi connectivity index (χ1v) is 22.6. The maximum absolute atomic E-state index is 6.90. The third kappa shape index (κ3) is 6.60. The molecule has 4 heterocycles. The SMILES string of the molecule is CC(C)(C)c1ccnc(-n2c3cc(Oc4cccc(N5CN(c6c(-c7ccccc7)cccc6-c6ccccc6)c6ccccc65)c4)ccc3c3c2c2ccccc2n3-c2ccccc2)c1. The van der Waals surface area contributed by atoms with E-state index in [4.69, 9.17) is 9.72 Å². The zero-order chi connectivity index (χ0) is 44.4. The molecule has 0 atom stereocenters. The van der Waals surface area contributed by atoms with E-state index in [1.165, 1.54) is 33.5 Å². The summed E-state index contributed by atoms with van der Waals surface area (Å²) in [6, 6.07) is 75.5. The number of hydrogen-bond donors (Lipinski definition) is 0. The summed E-state index contributed by atoms with van der Waals surface area (Å²) in [6.45, 7) is 7.37. The van der Waals surface area contributed by atoms with Crippen LogP contribution in [-0.2, 0) is 5.41 Å². The summed E-state index contributed by atoms with van der Waals surface area (Å²) in [4.78, 5) is 9.91. The fraction of sp³-hybridized carbons (Fsp3) is 0.0833. The Morgan fingerprint density at radius 1 is 0.455 bits per heavy atom. The van der Waals surface area contributed by atoms with Gasteiger partial charge in [0.1, 0.15) is 24.0 Å². The molecule has 0 saturated heterocycles. The molecule has 1 aliphatic heterocycles. The lowest BCUT2D eigenvalue weighted by Gasteiger charge is -2.27. The molecule has 0 spiro atoms. The first-order chi connectivity index (χ1) is 32.4. The molecular formula is C60H47N5O. The number of para-hydroxylation sites is 5. The number of hydrogen-bond acceptors (Lipinski definition) is 4. The smallest absolute Gasteiger partial charge is 0.137 e. The lowest BCUT2D eigenvalue weighted by Crippen LogP contribution is -2.24. The van der Waals surface area contributed by atoms with Crippen LogP contribution in [0.25, 0.3) is 66.6 Å². The average molecular weight is 854 g/mol. The van der Waals surface area contributed by atoms with Gasteiger partial charge in [0.15, 0.2) is 0 Å². The topological polar surface area (TPSA) is 38.5 Å². The van der Waals surface area contributed by atoms with Gasteiger partial charge in [-0.25, -0.2) is 4.98 Å². The highest BCUT2D eigenvalue weighted by molar-refractivity contribution is 6.20. The summed E-state index contributed by atoms with van der Waals surface area (Å²) in [5.41, 5.74) is 15.9. The number of nitrogens with zero attached hydrogens (tertiary/aromatic N) is 5. The molecule has 8 aromatic carbocycles. The van der Waals surface area contributed by atoms with Gasteiger partial charge in [0.25, 0.3) is 0 Å². The van der Waals surface area contributed by atoms with Crippen molar-refractivity contribution < 1.29 is 4.74 Å². The minimum atomic E-state index is -0.0561. The molecule has 0 unspecified atom stereocenters. The van der Waals surface area contributed by atoms with E-state index >= 15 is 0 Å². The highest BCUT2D eigenvalue weighted by atomic mass is 16.5. The van der Waals surface area contributed by atoms with E-state index < -0.39 is 0 Å². The van der Waals surface area contributed by atoms with Crippen LogP contribution in [0.3, 0.4) is 0 Å². The third-order valence-corrected chi connectivity index (χ3v) is 13.0. The van der Waals surface area contributed by atoms with E-state index in [0.717, 1.165) is 72.9 Å². The molecule has 0 bridgehead atoms. The number of ether oxygens (including phenoxy) is 1. The average Bonchev–Trinajstić information content (AvgIpc) is 4.02. The minimum Gasteiger partial charge on any atom is -0.457 e. The Morgan fingerprint density at radius 2 is 1.03 bits per heavy atom. The summed E-state index contributed by atoms with van der Waals surface area (Å²) in [7, 11) is 0. The zero-order valence-corrected chi connectivity index (χ0v) is 37.1. The van der Waals surface area contributed by atoms with Crippen LogP contribution >= 0.6 is 0 Å². The van der Waals surface area contributed by atoms with Crippen molar-refractivity contribution in [2.24, 2.45) is 0 Å². The van der Waals surface area contributed by atoms with Crippen LogP contribution in [0.15, 0.2) is 219 Å². The summed E-state index contributed by atoms with van der Waals surface area (Å²) in [5, 5.41) is 2.28. The van der Waals surface area contributed by atoms with Crippen LogP contribution in [0.2, 0.25) is 0 Å². The predicted octanol–water partition coefficient (Wildman–Crippen LogP) is 15.8. The Morgan fingerprint density at radius 3 is 1.74 bits per heavy atom. The van der Waals surface area contributed by atoms with Crippen LogP contribution < -0.4 is 14.5 Å². The van der Waals surface area contributed by atoms with Gasteiger partial charge in [-0.1, -0.05) is 154 Å². The maximum atomic E-state index is 6.90. The number of benzene rings is 8. The molecule has 0 amide bonds. The Balaban J connectivity index is 0.969. The molecule has 0 aliphatic carbocycles. The van der Waals surface area contributed by atoms with Gasteiger partial charge in [-0.2, -0.15) is 0 Å². The second-order valence-electron chi connectivity index (χ2n) is 18.1. The minimum absolute atomic E-state index is 0.0561. The van der Waals surface area contributed by atoms with Crippen LogP contribution in [0.4, 0.5) is 22.7 Å². The van der Waals surface area contributed by atoms with Gasteiger partial charge in [-0.05, 0) is 88.8 Å². The van der Waals surface area contributed by atoms with Crippen molar-refractivity contribution in [3.63, 3.8) is 0 Å². The van der Waals surface area contributed by atoms with Gasteiger partial charge in [0, 0.05) is 51.6 Å². The fourth-order valence-electron chi connectivity index (χ4n) is 9.88. The molecular weight excluding hydrogens is 807 g/mol. The van der Waals surface area contributed by atoms with E-state index in [1.807, 2.05) is 12.3 Å². The normalized spacial score (nSPS) is 12.7. The predicted molar refractivity (Wildman–Crippen MR) is 274 cm³/mol. The highest BCUT2D eigenvalue weighted by Crippen LogP contribution is 2.50. The number of anilines is 4. The van der Waals surface area contributed by atoms with Crippen LogP contribution in [0.5, 0.6) is 11.5 Å². The molecule has 6 nitrogen and oxygen atoms in total. The number of fused-ring (bicyclic) bond motifs is 6. The van der Waals surface area contributed by atoms with Crippen LogP contribution in [-0.4, -0.2) is 20.8 Å². The van der Waals surface area contributed by atoms with Crippen molar-refractivity contribution >= 4 is 55.6 Å². The summed E-state index contributed by atoms with van der Waals surface area (Å²) in [5.74, 6) is 2.38. The van der Waals surface area contributed by atoms with E-state index in [1.54, 1.807) is 0 Å². The van der Waals surface area contributed by atoms with Gasteiger partial charge in [-0.3, -0.25) is 4.57 Å². The molecule has 12 rings (SSSR count). The lowest BCUT2D eigenvalue weighted by atomic mass is 9.88. The Labute approximate surface area is 384 Å². The van der Waals surface area contributed by atoms with Gasteiger partial charge >= 0.3 is 0 Å². The Kier molecular flexibility index (Phi) is 9.35. The van der Waals surface area contributed by atoms with Crippen molar-refractivity contribution in [2.45, 2.75) is 26.2 Å². The summed E-state index contributed by atoms with van der Waals surface area (Å²) >= 11 is 0. The van der Waals surface area contributed by atoms with Gasteiger partial charge in [0.2, 0.25) is 0 Å². The molecule has 318 valence electrons. The highest BCUT2D eigenvalue weighted by Gasteiger charge is 2.32. The second-order valence-corrected chi connectivity index (χ2v) is 18.1. The molecule has 0 N–H and O–H groups in total. The third-order valence-electron chi connectivity index (χ3n) is 13.0. The lowest BCUT2D eigenvalue weighted by molar-refractivity contribution is 0.483. The second kappa shape index (κ2) is 15.7. The number of rotatable bonds is 8. The zero-order valence-electron chi connectivity index (χ0n) is 37.1. The van der Waals surface area contributed by atoms with Crippen LogP contribution in [0, 0.1) is 0 Å². The van der Waals surface area contributed by atoms with E-state index in [2.05, 4.69) is 246 Å². The van der Waals surface area contributed by atoms with E-state index in [-0.39, 0.29) is 5.41 Å². The van der Waals surface area contributed by atoms with Crippen LogP contribution in [0.1, 0.15) is 26.3 Å². The molecule has 3 aromatic heterocycles. The van der Waals surface area contributed by atoms with Crippen molar-refractivity contribution in [3.8, 4) is 45.3 Å². The first kappa shape index (κ1) is 39.3.